The fraction of sp³-hybridized carbons (Fsp3) is 0.500. The van der Waals surface area contributed by atoms with Crippen LogP contribution in [0, 0.1) is 0 Å². The summed E-state index contributed by atoms with van der Waals surface area (Å²) in [5.41, 5.74) is 0. The van der Waals surface area contributed by atoms with E-state index in [4.69, 9.17) is 34.8 Å². The van der Waals surface area contributed by atoms with Gasteiger partial charge >= 0.3 is 0 Å². The van der Waals surface area contributed by atoms with E-state index in [1.54, 1.807) is 4.90 Å². The second-order valence-corrected chi connectivity index (χ2v) is 4.08. The van der Waals surface area contributed by atoms with E-state index in [0.29, 0.717) is 5.91 Å². The molecule has 0 atom stereocenters. The van der Waals surface area contributed by atoms with Gasteiger partial charge in [-0.15, -0.1) is 0 Å². The summed E-state index contributed by atoms with van der Waals surface area (Å²) in [5, 5.41) is 0.00000000000000178. The molecule has 1 aromatic heterocycles. The Morgan fingerprint density at radius 1 is 1.06 bits per heavy atom. The average Bonchev–Trinajstić information content (AvgIpc) is 2.49. The second-order valence-electron chi connectivity index (χ2n) is 3.06. The number of halogens is 3. The van der Waals surface area contributed by atoms with Gasteiger partial charge in [-0.05, 0) is 41.2 Å². The third-order valence-corrected chi connectivity index (χ3v) is 2.37. The number of likely N-dealkylation sites (tertiary alicyclic amines) is 1. The summed E-state index contributed by atoms with van der Waals surface area (Å²) in [7, 11) is 1.84. The van der Waals surface area contributed by atoms with Crippen molar-refractivity contribution in [2.75, 3.05) is 13.6 Å². The van der Waals surface area contributed by atoms with Crippen LogP contribution >= 0.6 is 34.8 Å². The van der Waals surface area contributed by atoms with Gasteiger partial charge < -0.3 is 4.90 Å². The van der Waals surface area contributed by atoms with Gasteiger partial charge in [0.1, 0.15) is 0 Å². The lowest BCUT2D eigenvalue weighted by Crippen LogP contribution is -2.17. The molecule has 1 aromatic rings. The number of rotatable bonds is 0. The predicted octanol–water partition coefficient (Wildman–Crippen LogP) is 2.07. The quantitative estimate of drug-likeness (QED) is 0.731. The average molecular weight is 284 g/mol. The number of carbonyl (C=O) groups is 1. The Labute approximate surface area is 108 Å². The zero-order valence-corrected chi connectivity index (χ0v) is 10.7. The maximum absolute atomic E-state index is 10.5. The van der Waals surface area contributed by atoms with Gasteiger partial charge in [0.2, 0.25) is 21.8 Å². The minimum Gasteiger partial charge on any atom is -0.346 e. The van der Waals surface area contributed by atoms with Crippen molar-refractivity contribution in [3.8, 4) is 0 Å². The predicted molar refractivity (Wildman–Crippen MR) is 61.7 cm³/mol. The Bertz CT molecular complexity index is 337. The van der Waals surface area contributed by atoms with Crippen LogP contribution in [0.15, 0.2) is 0 Å². The van der Waals surface area contributed by atoms with E-state index < -0.39 is 0 Å². The van der Waals surface area contributed by atoms with E-state index in [0.717, 1.165) is 19.4 Å². The molecular weight excluding hydrogens is 274 g/mol. The Kier molecular flexibility index (Phi) is 5.18. The Morgan fingerprint density at radius 3 is 1.69 bits per heavy atom. The van der Waals surface area contributed by atoms with Gasteiger partial charge in [0.05, 0.1) is 0 Å². The fourth-order valence-electron chi connectivity index (χ4n) is 1.09. The van der Waals surface area contributed by atoms with E-state index in [1.807, 2.05) is 7.05 Å². The smallest absolute Gasteiger partial charge is 0.227 e. The molecule has 0 radical (unpaired) electrons. The number of carbonyl (C=O) groups excluding carboxylic acids is 1. The molecular formula is C8H9Cl3N4O. The summed E-state index contributed by atoms with van der Waals surface area (Å²) in [6, 6.07) is 0. The Balaban J connectivity index is 0.000000165. The van der Waals surface area contributed by atoms with Crippen LogP contribution in [0.4, 0.5) is 0 Å². The van der Waals surface area contributed by atoms with E-state index in [-0.39, 0.29) is 15.9 Å². The highest BCUT2D eigenvalue weighted by atomic mass is 35.5. The maximum Gasteiger partial charge on any atom is 0.227 e. The van der Waals surface area contributed by atoms with Crippen LogP contribution in [0.3, 0.4) is 0 Å². The zero-order chi connectivity index (χ0) is 12.1. The van der Waals surface area contributed by atoms with E-state index in [2.05, 4.69) is 15.0 Å². The largest absolute Gasteiger partial charge is 0.346 e. The first-order valence-corrected chi connectivity index (χ1v) is 5.59. The topological polar surface area (TPSA) is 59.0 Å². The fourth-order valence-corrected chi connectivity index (χ4v) is 1.70. The zero-order valence-electron chi connectivity index (χ0n) is 8.45. The molecule has 1 fully saturated rings. The molecule has 1 aliphatic heterocycles. The van der Waals surface area contributed by atoms with Gasteiger partial charge in [-0.1, -0.05) is 0 Å². The molecule has 2 heterocycles. The first-order chi connectivity index (χ1) is 7.49. The summed E-state index contributed by atoms with van der Waals surface area (Å²) < 4.78 is 0. The van der Waals surface area contributed by atoms with Crippen molar-refractivity contribution in [3.05, 3.63) is 15.9 Å². The number of nitrogens with zero attached hydrogens (tertiary/aromatic N) is 4. The maximum atomic E-state index is 10.5. The molecule has 1 aliphatic rings. The third kappa shape index (κ3) is 4.47. The molecule has 0 N–H and O–H groups in total. The molecule has 0 aliphatic carbocycles. The first-order valence-electron chi connectivity index (χ1n) is 4.45. The van der Waals surface area contributed by atoms with Crippen LogP contribution in [0.25, 0.3) is 0 Å². The number of amides is 1. The summed E-state index contributed by atoms with van der Waals surface area (Å²) in [4.78, 5) is 22.6. The molecule has 1 saturated heterocycles. The lowest BCUT2D eigenvalue weighted by molar-refractivity contribution is -0.126. The van der Waals surface area contributed by atoms with Crippen molar-refractivity contribution >= 4 is 40.7 Å². The van der Waals surface area contributed by atoms with E-state index in [1.165, 1.54) is 0 Å². The van der Waals surface area contributed by atoms with Crippen LogP contribution in [-0.4, -0.2) is 39.4 Å². The van der Waals surface area contributed by atoms with Gasteiger partial charge in [0.25, 0.3) is 0 Å². The number of hydrogen-bond acceptors (Lipinski definition) is 4. The van der Waals surface area contributed by atoms with Gasteiger partial charge in [0, 0.05) is 20.0 Å². The molecule has 16 heavy (non-hydrogen) atoms. The van der Waals surface area contributed by atoms with Crippen molar-refractivity contribution in [2.24, 2.45) is 0 Å². The van der Waals surface area contributed by atoms with E-state index in [9.17, 15) is 4.79 Å². The van der Waals surface area contributed by atoms with Crippen molar-refractivity contribution < 1.29 is 4.79 Å². The summed E-state index contributed by atoms with van der Waals surface area (Å²) in [6.45, 7) is 0.957. The number of hydrogen-bond donors (Lipinski definition) is 0. The monoisotopic (exact) mass is 282 g/mol. The molecule has 2 rings (SSSR count). The molecule has 0 bridgehead atoms. The molecule has 0 aromatic carbocycles. The van der Waals surface area contributed by atoms with Gasteiger partial charge in [0.15, 0.2) is 0 Å². The van der Waals surface area contributed by atoms with Crippen molar-refractivity contribution in [1.82, 2.24) is 19.9 Å². The van der Waals surface area contributed by atoms with Crippen LogP contribution in [0.1, 0.15) is 12.8 Å². The lowest BCUT2D eigenvalue weighted by atomic mass is 10.4. The van der Waals surface area contributed by atoms with Crippen LogP contribution in [0.5, 0.6) is 0 Å². The molecule has 1 amide bonds. The standard InChI is InChI=1S/C5H9NO.C3Cl3N3/c1-6-4-2-3-5(6)7;4-1-7-2(5)9-3(6)8-1/h2-4H2,1H3;. The van der Waals surface area contributed by atoms with Crippen molar-refractivity contribution in [3.63, 3.8) is 0 Å². The van der Waals surface area contributed by atoms with Gasteiger partial charge in [-0.25, -0.2) is 0 Å². The van der Waals surface area contributed by atoms with Crippen LogP contribution in [0.2, 0.25) is 15.9 Å². The lowest BCUT2D eigenvalue weighted by Gasteiger charge is -2.03. The second kappa shape index (κ2) is 6.18. The third-order valence-electron chi connectivity index (χ3n) is 1.86. The Hall–Kier alpha value is -0.650. The summed E-state index contributed by atoms with van der Waals surface area (Å²) in [6.07, 6.45) is 1.81. The highest BCUT2D eigenvalue weighted by molar-refractivity contribution is 6.33. The molecule has 0 unspecified atom stereocenters. The van der Waals surface area contributed by atoms with Crippen molar-refractivity contribution in [2.45, 2.75) is 12.8 Å². The van der Waals surface area contributed by atoms with Gasteiger partial charge in [-0.3, -0.25) is 4.79 Å². The highest BCUT2D eigenvalue weighted by Gasteiger charge is 2.14. The molecule has 8 heteroatoms. The van der Waals surface area contributed by atoms with E-state index >= 15 is 0 Å². The van der Waals surface area contributed by atoms with Crippen LogP contribution in [-0.2, 0) is 4.79 Å². The minimum atomic E-state index is 0.000000000000000444. The van der Waals surface area contributed by atoms with Crippen molar-refractivity contribution in [1.29, 1.82) is 0 Å². The minimum absolute atomic E-state index is 0.000000000000000444. The first kappa shape index (κ1) is 13.4. The molecule has 88 valence electrons. The molecule has 0 saturated carbocycles. The molecule has 5 nitrogen and oxygen atoms in total. The Morgan fingerprint density at radius 2 is 1.50 bits per heavy atom. The SMILES string of the molecule is CN1CCCC1=O.Clc1nc(Cl)nc(Cl)n1. The number of aromatic nitrogens is 3. The van der Waals surface area contributed by atoms with Gasteiger partial charge in [-0.2, -0.15) is 15.0 Å². The summed E-state index contributed by atoms with van der Waals surface area (Å²) >= 11 is 16.0. The van der Waals surface area contributed by atoms with Crippen LogP contribution < -0.4 is 0 Å². The molecule has 0 spiro atoms. The summed E-state index contributed by atoms with van der Waals surface area (Å²) in [5.74, 6) is 0.292. The normalized spacial score (nSPS) is 14.8. The highest BCUT2D eigenvalue weighted by Crippen LogP contribution is 2.08.